The molecule has 3 aromatic rings. The number of anilines is 1. The van der Waals surface area contributed by atoms with E-state index in [1.807, 2.05) is 29.6 Å². The van der Waals surface area contributed by atoms with Gasteiger partial charge in [0.1, 0.15) is 16.7 Å². The average Bonchev–Trinajstić information content (AvgIpc) is 3.27. The van der Waals surface area contributed by atoms with E-state index in [0.29, 0.717) is 23.8 Å². The molecule has 1 aliphatic heterocycles. The number of hydrogen-bond donors (Lipinski definition) is 1. The average molecular weight is 423 g/mol. The number of fused-ring (bicyclic) bond motifs is 1. The molecule has 27 heavy (non-hydrogen) atoms. The number of nitrogens with one attached hydrogen (secondary N) is 1. The van der Waals surface area contributed by atoms with Gasteiger partial charge in [-0.05, 0) is 25.0 Å². The van der Waals surface area contributed by atoms with Crippen LogP contribution in [-0.4, -0.2) is 47.4 Å². The Kier molecular flexibility index (Phi) is 4.97. The minimum absolute atomic E-state index is 0.328. The highest BCUT2D eigenvalue weighted by atomic mass is 32.2. The number of carbonyl (C=O) groups excluding carboxylic acids is 1. The second-order valence-corrected chi connectivity index (χ2v) is 10.2. The first kappa shape index (κ1) is 18.5. The van der Waals surface area contributed by atoms with E-state index in [1.54, 1.807) is 11.3 Å². The quantitative estimate of drug-likeness (QED) is 0.697. The number of amides is 1. The normalized spacial score (nSPS) is 18.6. The lowest BCUT2D eigenvalue weighted by Gasteiger charge is -2.32. The van der Waals surface area contributed by atoms with Crippen molar-refractivity contribution in [2.24, 2.45) is 0 Å². The van der Waals surface area contributed by atoms with Gasteiger partial charge >= 0.3 is 0 Å². The van der Waals surface area contributed by atoms with Gasteiger partial charge in [-0.1, -0.05) is 18.6 Å². The molecule has 1 amide bonds. The molecular formula is C17H18N4O3S3. The third-order valence-electron chi connectivity index (χ3n) is 4.43. The van der Waals surface area contributed by atoms with E-state index in [0.717, 1.165) is 34.3 Å². The Hall–Kier alpha value is -1.88. The molecule has 0 aliphatic carbocycles. The van der Waals surface area contributed by atoms with Crippen molar-refractivity contribution in [3.8, 4) is 10.7 Å². The highest BCUT2D eigenvalue weighted by molar-refractivity contribution is 7.88. The van der Waals surface area contributed by atoms with Gasteiger partial charge < -0.3 is 5.32 Å². The zero-order valence-electron chi connectivity index (χ0n) is 14.6. The summed E-state index contributed by atoms with van der Waals surface area (Å²) in [5.74, 6) is -0.328. The smallest absolute Gasteiger partial charge is 0.244 e. The summed E-state index contributed by atoms with van der Waals surface area (Å²) in [6, 6.07) is 7.19. The molecule has 1 aromatic carbocycles. The lowest BCUT2D eigenvalue weighted by molar-refractivity contribution is -0.120. The van der Waals surface area contributed by atoms with Gasteiger partial charge in [0.25, 0.3) is 0 Å². The Morgan fingerprint density at radius 2 is 2.07 bits per heavy atom. The topological polar surface area (TPSA) is 92.3 Å². The zero-order valence-corrected chi connectivity index (χ0v) is 17.0. The number of nitrogens with zero attached hydrogens (tertiary/aromatic N) is 3. The van der Waals surface area contributed by atoms with Crippen molar-refractivity contribution in [2.75, 3.05) is 18.1 Å². The maximum absolute atomic E-state index is 12.6. The van der Waals surface area contributed by atoms with Crippen LogP contribution in [0.5, 0.6) is 0 Å². The van der Waals surface area contributed by atoms with E-state index in [9.17, 15) is 13.2 Å². The number of piperidine rings is 1. The van der Waals surface area contributed by atoms with Crippen molar-refractivity contribution in [1.29, 1.82) is 0 Å². The highest BCUT2D eigenvalue weighted by Crippen LogP contribution is 2.32. The van der Waals surface area contributed by atoms with Gasteiger partial charge in [0, 0.05) is 11.9 Å². The number of carbonyl (C=O) groups is 1. The van der Waals surface area contributed by atoms with Crippen LogP contribution in [0.2, 0.25) is 0 Å². The minimum Gasteiger partial charge on any atom is -0.301 e. The molecule has 0 radical (unpaired) electrons. The van der Waals surface area contributed by atoms with Crippen molar-refractivity contribution in [1.82, 2.24) is 14.3 Å². The van der Waals surface area contributed by atoms with Crippen molar-refractivity contribution in [3.63, 3.8) is 0 Å². The van der Waals surface area contributed by atoms with Crippen LogP contribution < -0.4 is 5.32 Å². The molecule has 1 N–H and O–H groups in total. The van der Waals surface area contributed by atoms with Gasteiger partial charge in [-0.15, -0.1) is 22.7 Å². The molecule has 1 atom stereocenters. The Balaban J connectivity index is 1.52. The zero-order chi connectivity index (χ0) is 19.0. The first-order chi connectivity index (χ1) is 12.9. The van der Waals surface area contributed by atoms with E-state index in [-0.39, 0.29) is 5.91 Å². The fourth-order valence-corrected chi connectivity index (χ4v) is 5.99. The van der Waals surface area contributed by atoms with Crippen LogP contribution in [0.3, 0.4) is 0 Å². The summed E-state index contributed by atoms with van der Waals surface area (Å²) in [5, 5.41) is 5.87. The summed E-state index contributed by atoms with van der Waals surface area (Å²) in [5.41, 5.74) is 1.63. The van der Waals surface area contributed by atoms with E-state index in [1.165, 1.54) is 15.6 Å². The Morgan fingerprint density at radius 3 is 2.85 bits per heavy atom. The molecule has 0 saturated carbocycles. The summed E-state index contributed by atoms with van der Waals surface area (Å²) < 4.78 is 26.3. The molecule has 3 heterocycles. The Morgan fingerprint density at radius 1 is 1.26 bits per heavy atom. The van der Waals surface area contributed by atoms with Crippen molar-refractivity contribution < 1.29 is 13.2 Å². The van der Waals surface area contributed by atoms with Crippen LogP contribution in [0, 0.1) is 0 Å². The van der Waals surface area contributed by atoms with Crippen LogP contribution in [-0.2, 0) is 14.8 Å². The number of rotatable bonds is 4. The van der Waals surface area contributed by atoms with Crippen molar-refractivity contribution in [3.05, 3.63) is 29.6 Å². The molecule has 1 fully saturated rings. The molecule has 1 unspecified atom stereocenters. The van der Waals surface area contributed by atoms with Gasteiger partial charge in [0.05, 0.1) is 16.5 Å². The van der Waals surface area contributed by atoms with Crippen LogP contribution >= 0.6 is 22.7 Å². The first-order valence-corrected chi connectivity index (χ1v) is 12.1. The molecule has 4 rings (SSSR count). The van der Waals surface area contributed by atoms with Gasteiger partial charge in [0.2, 0.25) is 15.9 Å². The molecule has 2 aromatic heterocycles. The van der Waals surface area contributed by atoms with E-state index in [2.05, 4.69) is 15.3 Å². The number of benzene rings is 1. The van der Waals surface area contributed by atoms with E-state index < -0.39 is 16.1 Å². The largest absolute Gasteiger partial charge is 0.301 e. The SMILES string of the molecule is CS(=O)(=O)N1CCCCC1C(=O)Nc1nc(-c2nc3ccccc3s2)cs1. The Bertz CT molecular complexity index is 1060. The summed E-state index contributed by atoms with van der Waals surface area (Å²) in [6.45, 7) is 0.381. The van der Waals surface area contributed by atoms with Crippen molar-refractivity contribution >= 4 is 54.0 Å². The third kappa shape index (κ3) is 3.88. The summed E-state index contributed by atoms with van der Waals surface area (Å²) in [7, 11) is -3.42. The predicted octanol–water partition coefficient (Wildman–Crippen LogP) is 3.17. The fraction of sp³-hybridized carbons (Fsp3) is 0.353. The highest BCUT2D eigenvalue weighted by Gasteiger charge is 2.34. The monoisotopic (exact) mass is 422 g/mol. The van der Waals surface area contributed by atoms with Gasteiger partial charge in [-0.3, -0.25) is 4.79 Å². The van der Waals surface area contributed by atoms with Crippen molar-refractivity contribution in [2.45, 2.75) is 25.3 Å². The Labute approximate surface area is 165 Å². The standard InChI is InChI=1S/C17H18N4O3S3/c1-27(23,24)21-9-5-4-7-13(21)15(22)20-17-19-12(10-25-17)16-18-11-6-2-3-8-14(11)26-16/h2-3,6,8,10,13H,4-5,7,9H2,1H3,(H,19,20,22). The number of thiazole rings is 2. The number of aromatic nitrogens is 2. The van der Waals surface area contributed by atoms with Crippen LogP contribution in [0.15, 0.2) is 29.6 Å². The fourth-order valence-electron chi connectivity index (χ4n) is 3.16. The second-order valence-electron chi connectivity index (χ2n) is 6.40. The molecule has 0 spiro atoms. The lowest BCUT2D eigenvalue weighted by Crippen LogP contribution is -2.49. The van der Waals surface area contributed by atoms with Crippen LogP contribution in [0.1, 0.15) is 19.3 Å². The molecule has 1 saturated heterocycles. The lowest BCUT2D eigenvalue weighted by atomic mass is 10.0. The molecule has 7 nitrogen and oxygen atoms in total. The summed E-state index contributed by atoms with van der Waals surface area (Å²) in [6.07, 6.45) is 3.27. The number of para-hydroxylation sites is 1. The summed E-state index contributed by atoms with van der Waals surface area (Å²) in [4.78, 5) is 21.7. The third-order valence-corrected chi connectivity index (χ3v) is 7.54. The van der Waals surface area contributed by atoms with Gasteiger partial charge in [0.15, 0.2) is 5.13 Å². The minimum atomic E-state index is -3.42. The maximum Gasteiger partial charge on any atom is 0.244 e. The second kappa shape index (κ2) is 7.27. The maximum atomic E-state index is 12.6. The number of hydrogen-bond acceptors (Lipinski definition) is 7. The van der Waals surface area contributed by atoms with Crippen LogP contribution in [0.25, 0.3) is 20.9 Å². The predicted molar refractivity (Wildman–Crippen MR) is 109 cm³/mol. The van der Waals surface area contributed by atoms with Gasteiger partial charge in [-0.2, -0.15) is 4.31 Å². The molecule has 142 valence electrons. The van der Waals surface area contributed by atoms with E-state index in [4.69, 9.17) is 0 Å². The number of sulfonamides is 1. The van der Waals surface area contributed by atoms with Gasteiger partial charge in [-0.25, -0.2) is 18.4 Å². The molecule has 1 aliphatic rings. The first-order valence-electron chi connectivity index (χ1n) is 8.51. The molecular weight excluding hydrogens is 404 g/mol. The van der Waals surface area contributed by atoms with Crippen LogP contribution in [0.4, 0.5) is 5.13 Å². The molecule has 10 heteroatoms. The summed E-state index contributed by atoms with van der Waals surface area (Å²) >= 11 is 2.86. The van der Waals surface area contributed by atoms with E-state index >= 15 is 0 Å². The molecule has 0 bridgehead atoms.